The SMILES string of the molecule is CC(C)Oc1ccc(C(C)(C)C)cc1NCc1ccc(F)cc1[CH]=[Ru]([Cl])[Cl]. The van der Waals surface area contributed by atoms with Gasteiger partial charge in [0.2, 0.25) is 0 Å². The van der Waals surface area contributed by atoms with Crippen LogP contribution in [0.25, 0.3) is 0 Å². The molecule has 6 heteroatoms. The molecule has 0 atom stereocenters. The van der Waals surface area contributed by atoms with Crippen LogP contribution in [0, 0.1) is 5.82 Å². The summed E-state index contributed by atoms with van der Waals surface area (Å²) in [5.74, 6) is 0.500. The number of hydrogen-bond acceptors (Lipinski definition) is 2. The maximum absolute atomic E-state index is 13.6. The number of benzene rings is 2. The van der Waals surface area contributed by atoms with Crippen LogP contribution in [0.5, 0.6) is 5.75 Å². The van der Waals surface area contributed by atoms with E-state index in [1.54, 1.807) is 10.7 Å². The molecule has 0 aliphatic carbocycles. The average molecular weight is 499 g/mol. The van der Waals surface area contributed by atoms with Crippen LogP contribution in [0.4, 0.5) is 10.1 Å². The minimum atomic E-state index is -2.05. The van der Waals surface area contributed by atoms with Gasteiger partial charge in [-0.1, -0.05) is 0 Å². The van der Waals surface area contributed by atoms with E-state index in [-0.39, 0.29) is 17.3 Å². The van der Waals surface area contributed by atoms with Crippen LogP contribution in [0.15, 0.2) is 36.4 Å². The summed E-state index contributed by atoms with van der Waals surface area (Å²) in [5, 5.41) is 3.44. The normalized spacial score (nSPS) is 12.1. The molecule has 0 aliphatic rings. The topological polar surface area (TPSA) is 21.3 Å². The predicted molar refractivity (Wildman–Crippen MR) is 112 cm³/mol. The molecule has 0 saturated heterocycles. The van der Waals surface area contributed by atoms with Crippen LogP contribution in [0.3, 0.4) is 0 Å². The van der Waals surface area contributed by atoms with Crippen molar-refractivity contribution in [2.75, 3.05) is 5.32 Å². The van der Waals surface area contributed by atoms with Crippen molar-refractivity contribution in [3.8, 4) is 5.75 Å². The molecule has 0 spiro atoms. The number of halogens is 3. The van der Waals surface area contributed by atoms with E-state index < -0.39 is 13.5 Å². The molecule has 27 heavy (non-hydrogen) atoms. The molecule has 0 aromatic heterocycles. The van der Waals surface area contributed by atoms with E-state index in [0.29, 0.717) is 6.54 Å². The van der Waals surface area contributed by atoms with Crippen LogP contribution in [0.2, 0.25) is 0 Å². The molecule has 0 saturated carbocycles. The van der Waals surface area contributed by atoms with Gasteiger partial charge in [-0.25, -0.2) is 0 Å². The number of rotatable bonds is 6. The van der Waals surface area contributed by atoms with Crippen molar-refractivity contribution in [3.63, 3.8) is 0 Å². The summed E-state index contributed by atoms with van der Waals surface area (Å²) < 4.78 is 21.3. The first-order valence-electron chi connectivity index (χ1n) is 8.73. The van der Waals surface area contributed by atoms with Crippen LogP contribution in [-0.4, -0.2) is 10.7 Å². The summed E-state index contributed by atoms with van der Waals surface area (Å²) in [6.07, 6.45) is 0.0696. The molecule has 0 heterocycles. The monoisotopic (exact) mass is 499 g/mol. The first-order valence-corrected chi connectivity index (χ1v) is 14.2. The van der Waals surface area contributed by atoms with Gasteiger partial charge in [0.05, 0.1) is 0 Å². The van der Waals surface area contributed by atoms with E-state index >= 15 is 0 Å². The molecular formula is C21H26Cl2FNORu. The van der Waals surface area contributed by atoms with Gasteiger partial charge in [0.15, 0.2) is 0 Å². The first-order chi connectivity index (χ1) is 12.6. The van der Waals surface area contributed by atoms with Gasteiger partial charge in [0.1, 0.15) is 0 Å². The molecule has 1 N–H and O–H groups in total. The first kappa shape index (κ1) is 22.3. The Hall–Kier alpha value is -0.957. The van der Waals surface area contributed by atoms with Gasteiger partial charge in [-0.2, -0.15) is 0 Å². The van der Waals surface area contributed by atoms with Crippen LogP contribution < -0.4 is 10.1 Å². The van der Waals surface area contributed by atoms with Crippen molar-refractivity contribution in [2.45, 2.75) is 52.7 Å². The number of ether oxygens (including phenoxy) is 1. The molecule has 0 bridgehead atoms. The zero-order valence-electron chi connectivity index (χ0n) is 16.2. The van der Waals surface area contributed by atoms with Gasteiger partial charge in [0, 0.05) is 0 Å². The van der Waals surface area contributed by atoms with Crippen LogP contribution >= 0.6 is 19.4 Å². The Morgan fingerprint density at radius 3 is 2.44 bits per heavy atom. The summed E-state index contributed by atoms with van der Waals surface area (Å²) in [6.45, 7) is 11.0. The van der Waals surface area contributed by atoms with Crippen molar-refractivity contribution >= 4 is 29.7 Å². The van der Waals surface area contributed by atoms with E-state index in [4.69, 9.17) is 24.1 Å². The molecule has 2 nitrogen and oxygen atoms in total. The average Bonchev–Trinajstić information content (AvgIpc) is 2.53. The van der Waals surface area contributed by atoms with Gasteiger partial charge in [-0.05, 0) is 0 Å². The predicted octanol–water partition coefficient (Wildman–Crippen LogP) is 6.60. The second kappa shape index (κ2) is 9.50. The quantitative estimate of drug-likeness (QED) is 0.453. The maximum atomic E-state index is 13.6. The fourth-order valence-corrected chi connectivity index (χ4v) is 4.45. The second-order valence-electron chi connectivity index (χ2n) is 7.63. The van der Waals surface area contributed by atoms with Crippen molar-refractivity contribution in [2.24, 2.45) is 0 Å². The number of nitrogens with one attached hydrogen (secondary N) is 1. The third-order valence-corrected chi connectivity index (χ3v) is 5.81. The molecule has 150 valence electrons. The summed E-state index contributed by atoms with van der Waals surface area (Å²) in [7, 11) is 12.0. The zero-order valence-corrected chi connectivity index (χ0v) is 19.5. The van der Waals surface area contributed by atoms with Gasteiger partial charge in [-0.15, -0.1) is 0 Å². The summed E-state index contributed by atoms with van der Waals surface area (Å²) in [5.41, 5.74) is 3.83. The fraction of sp³-hybridized carbons (Fsp3) is 0.381. The molecule has 0 fully saturated rings. The van der Waals surface area contributed by atoms with E-state index in [1.165, 1.54) is 17.7 Å². The minimum absolute atomic E-state index is 0.0256. The third-order valence-electron chi connectivity index (χ3n) is 3.97. The zero-order chi connectivity index (χ0) is 20.2. The molecule has 2 aromatic rings. The van der Waals surface area contributed by atoms with Crippen LogP contribution in [-0.2, 0) is 25.5 Å². The van der Waals surface area contributed by atoms with Crippen LogP contribution in [0.1, 0.15) is 51.3 Å². The molecular weight excluding hydrogens is 473 g/mol. The van der Waals surface area contributed by atoms with E-state index in [9.17, 15) is 4.39 Å². The van der Waals surface area contributed by atoms with Crippen molar-refractivity contribution in [3.05, 3.63) is 58.9 Å². The molecule has 2 aromatic carbocycles. The Bertz CT molecular complexity index is 827. The molecule has 0 radical (unpaired) electrons. The standard InChI is InChI=1S/C21H26FNO.2ClH.Ru/c1-14(2)24-20-10-8-17(21(4,5)6)12-19(20)23-13-16-7-9-18(22)11-15(16)3;;;/h3,7-12,14,23H,13H2,1-2,4-6H3;2*1H;/q;;;+2/p-2. The Morgan fingerprint density at radius 2 is 1.85 bits per heavy atom. The molecule has 0 aliphatic heterocycles. The van der Waals surface area contributed by atoms with Gasteiger partial charge < -0.3 is 0 Å². The molecule has 0 unspecified atom stereocenters. The number of anilines is 1. The van der Waals surface area contributed by atoms with Gasteiger partial charge in [0.25, 0.3) is 0 Å². The Balaban J connectivity index is 2.35. The van der Waals surface area contributed by atoms with Gasteiger partial charge >= 0.3 is 175 Å². The Morgan fingerprint density at radius 1 is 1.15 bits per heavy atom. The third kappa shape index (κ3) is 6.86. The van der Waals surface area contributed by atoms with Crippen molar-refractivity contribution in [1.82, 2.24) is 0 Å². The van der Waals surface area contributed by atoms with Crippen molar-refractivity contribution in [1.29, 1.82) is 0 Å². The van der Waals surface area contributed by atoms with E-state index in [0.717, 1.165) is 22.6 Å². The molecule has 2 rings (SSSR count). The Labute approximate surface area is 174 Å². The van der Waals surface area contributed by atoms with Gasteiger partial charge in [-0.3, -0.25) is 0 Å². The fourth-order valence-electron chi connectivity index (χ4n) is 2.59. The second-order valence-corrected chi connectivity index (χ2v) is 13.4. The van der Waals surface area contributed by atoms with E-state index in [2.05, 4.69) is 38.2 Å². The summed E-state index contributed by atoms with van der Waals surface area (Å²) in [6, 6.07) is 10.9. The van der Waals surface area contributed by atoms with Crippen molar-refractivity contribution < 1.29 is 22.6 Å². The summed E-state index contributed by atoms with van der Waals surface area (Å²) in [4.78, 5) is 0. The number of hydrogen-bond donors (Lipinski definition) is 1. The Kier molecular flexibility index (Phi) is 7.86. The van der Waals surface area contributed by atoms with E-state index in [1.807, 2.05) is 19.9 Å². The summed E-state index contributed by atoms with van der Waals surface area (Å²) >= 11 is -2.05. The molecule has 0 amide bonds.